The zero-order chi connectivity index (χ0) is 14.7. The van der Waals surface area contributed by atoms with Gasteiger partial charge in [-0.15, -0.1) is 0 Å². The van der Waals surface area contributed by atoms with Gasteiger partial charge in [0.2, 0.25) is 5.91 Å². The second-order valence-electron chi connectivity index (χ2n) is 6.02. The van der Waals surface area contributed by atoms with Gasteiger partial charge in [0.05, 0.1) is 19.1 Å². The topological polar surface area (TPSA) is 55.8 Å². The lowest BCUT2D eigenvalue weighted by Gasteiger charge is -2.35. The van der Waals surface area contributed by atoms with Crippen molar-refractivity contribution in [3.8, 4) is 0 Å². The minimum absolute atomic E-state index is 0.165. The van der Waals surface area contributed by atoms with Gasteiger partial charge in [-0.25, -0.2) is 0 Å². The zero-order valence-corrected chi connectivity index (χ0v) is 12.6. The van der Waals surface area contributed by atoms with E-state index < -0.39 is 0 Å². The van der Waals surface area contributed by atoms with Crippen LogP contribution in [-0.2, 0) is 19.1 Å². The third-order valence-corrected chi connectivity index (χ3v) is 4.53. The Kier molecular flexibility index (Phi) is 5.02. The van der Waals surface area contributed by atoms with Crippen molar-refractivity contribution >= 4 is 11.9 Å². The monoisotopic (exact) mass is 283 g/mol. The third-order valence-electron chi connectivity index (χ3n) is 4.53. The molecule has 1 saturated carbocycles. The molecule has 1 amide bonds. The lowest BCUT2D eigenvalue weighted by atomic mass is 9.80. The van der Waals surface area contributed by atoms with Crippen LogP contribution in [0.15, 0.2) is 0 Å². The molecule has 0 radical (unpaired) electrons. The van der Waals surface area contributed by atoms with Gasteiger partial charge in [0, 0.05) is 26.1 Å². The number of nitrogens with zero attached hydrogens (tertiary/aromatic N) is 1. The SMILES string of the molecule is CCOC1CC(CC(=O)N2CC(C)C(C(=O)OC)C2)C1. The summed E-state index contributed by atoms with van der Waals surface area (Å²) in [6, 6.07) is 0. The fraction of sp³-hybridized carbons (Fsp3) is 0.867. The van der Waals surface area contributed by atoms with Gasteiger partial charge in [0.25, 0.3) is 0 Å². The van der Waals surface area contributed by atoms with E-state index in [2.05, 4.69) is 0 Å². The first-order valence-corrected chi connectivity index (χ1v) is 7.52. The highest BCUT2D eigenvalue weighted by molar-refractivity contribution is 5.79. The summed E-state index contributed by atoms with van der Waals surface area (Å²) in [5, 5.41) is 0. The van der Waals surface area contributed by atoms with Crippen molar-refractivity contribution in [1.29, 1.82) is 0 Å². The van der Waals surface area contributed by atoms with Crippen LogP contribution in [0.2, 0.25) is 0 Å². The van der Waals surface area contributed by atoms with E-state index in [1.54, 1.807) is 0 Å². The van der Waals surface area contributed by atoms with E-state index >= 15 is 0 Å². The summed E-state index contributed by atoms with van der Waals surface area (Å²) in [6.45, 7) is 5.92. The zero-order valence-electron chi connectivity index (χ0n) is 12.6. The summed E-state index contributed by atoms with van der Waals surface area (Å²) in [7, 11) is 1.40. The Labute approximate surface area is 120 Å². The van der Waals surface area contributed by atoms with Crippen molar-refractivity contribution in [2.75, 3.05) is 26.8 Å². The van der Waals surface area contributed by atoms with Gasteiger partial charge in [-0.1, -0.05) is 6.92 Å². The molecular weight excluding hydrogens is 258 g/mol. The maximum atomic E-state index is 12.2. The molecule has 0 aromatic carbocycles. The van der Waals surface area contributed by atoms with Crippen molar-refractivity contribution in [2.24, 2.45) is 17.8 Å². The van der Waals surface area contributed by atoms with Crippen LogP contribution < -0.4 is 0 Å². The predicted octanol–water partition coefficient (Wildman–Crippen LogP) is 1.46. The molecule has 1 heterocycles. The summed E-state index contributed by atoms with van der Waals surface area (Å²) in [5.74, 6) is 0.438. The number of methoxy groups -OCH3 is 1. The molecule has 2 fully saturated rings. The van der Waals surface area contributed by atoms with E-state index in [4.69, 9.17) is 9.47 Å². The fourth-order valence-electron chi connectivity index (χ4n) is 3.22. The molecule has 1 aliphatic heterocycles. The molecule has 0 aromatic heterocycles. The Morgan fingerprint density at radius 3 is 2.55 bits per heavy atom. The molecule has 2 aliphatic rings. The maximum absolute atomic E-state index is 12.2. The molecule has 2 rings (SSSR count). The number of hydrogen-bond acceptors (Lipinski definition) is 4. The normalized spacial score (nSPS) is 32.9. The van der Waals surface area contributed by atoms with Crippen molar-refractivity contribution in [1.82, 2.24) is 4.90 Å². The number of carbonyl (C=O) groups is 2. The largest absolute Gasteiger partial charge is 0.469 e. The number of likely N-dealkylation sites (tertiary alicyclic amines) is 1. The van der Waals surface area contributed by atoms with Crippen LogP contribution in [0.5, 0.6) is 0 Å². The first-order valence-electron chi connectivity index (χ1n) is 7.52. The first-order chi connectivity index (χ1) is 9.55. The molecule has 0 bridgehead atoms. The minimum atomic E-state index is -0.201. The van der Waals surface area contributed by atoms with Crippen LogP contribution in [0.4, 0.5) is 0 Å². The number of rotatable bonds is 5. The summed E-state index contributed by atoms with van der Waals surface area (Å²) >= 11 is 0. The first kappa shape index (κ1) is 15.3. The molecule has 2 atom stereocenters. The predicted molar refractivity (Wildman–Crippen MR) is 74.0 cm³/mol. The third kappa shape index (κ3) is 3.32. The van der Waals surface area contributed by atoms with Crippen LogP contribution in [0.25, 0.3) is 0 Å². The van der Waals surface area contributed by atoms with Crippen LogP contribution >= 0.6 is 0 Å². The molecule has 5 heteroatoms. The van der Waals surface area contributed by atoms with Gasteiger partial charge in [0.1, 0.15) is 0 Å². The molecule has 1 aliphatic carbocycles. The molecule has 0 N–H and O–H groups in total. The second kappa shape index (κ2) is 6.57. The average molecular weight is 283 g/mol. The van der Waals surface area contributed by atoms with E-state index in [9.17, 15) is 9.59 Å². The summed E-state index contributed by atoms with van der Waals surface area (Å²) in [4.78, 5) is 25.7. The van der Waals surface area contributed by atoms with Crippen molar-refractivity contribution in [3.63, 3.8) is 0 Å². The minimum Gasteiger partial charge on any atom is -0.469 e. The van der Waals surface area contributed by atoms with E-state index in [1.165, 1.54) is 7.11 Å². The van der Waals surface area contributed by atoms with Crippen molar-refractivity contribution in [2.45, 2.75) is 39.2 Å². The van der Waals surface area contributed by atoms with Gasteiger partial charge in [-0.05, 0) is 31.6 Å². The Balaban J connectivity index is 1.76. The Hall–Kier alpha value is -1.10. The number of hydrogen-bond donors (Lipinski definition) is 0. The van der Waals surface area contributed by atoms with Gasteiger partial charge in [0.15, 0.2) is 0 Å². The van der Waals surface area contributed by atoms with Gasteiger partial charge >= 0.3 is 5.97 Å². The number of amides is 1. The number of ether oxygens (including phenoxy) is 2. The summed E-state index contributed by atoms with van der Waals surface area (Å²) < 4.78 is 10.3. The number of carbonyl (C=O) groups excluding carboxylic acids is 2. The van der Waals surface area contributed by atoms with E-state index in [0.717, 1.165) is 19.4 Å². The van der Waals surface area contributed by atoms with Crippen LogP contribution in [0.1, 0.15) is 33.1 Å². The van der Waals surface area contributed by atoms with Gasteiger partial charge < -0.3 is 14.4 Å². The fourth-order valence-corrected chi connectivity index (χ4v) is 3.22. The lowest BCUT2D eigenvalue weighted by molar-refractivity contribution is -0.146. The van der Waals surface area contributed by atoms with Crippen LogP contribution in [-0.4, -0.2) is 49.7 Å². The summed E-state index contributed by atoms with van der Waals surface area (Å²) in [5.41, 5.74) is 0. The smallest absolute Gasteiger partial charge is 0.310 e. The van der Waals surface area contributed by atoms with Crippen LogP contribution in [0.3, 0.4) is 0 Å². The van der Waals surface area contributed by atoms with Crippen molar-refractivity contribution in [3.05, 3.63) is 0 Å². The molecule has 114 valence electrons. The summed E-state index contributed by atoms with van der Waals surface area (Å²) in [6.07, 6.45) is 2.91. The maximum Gasteiger partial charge on any atom is 0.310 e. The van der Waals surface area contributed by atoms with Gasteiger partial charge in [-0.3, -0.25) is 9.59 Å². The van der Waals surface area contributed by atoms with Gasteiger partial charge in [-0.2, -0.15) is 0 Å². The quantitative estimate of drug-likeness (QED) is 0.717. The highest BCUT2D eigenvalue weighted by Crippen LogP contribution is 2.34. The Morgan fingerprint density at radius 2 is 1.95 bits per heavy atom. The average Bonchev–Trinajstić information content (AvgIpc) is 2.77. The molecular formula is C15H25NO4. The van der Waals surface area contributed by atoms with Crippen LogP contribution in [0, 0.1) is 17.8 Å². The standard InChI is InChI=1S/C15H25NO4/c1-4-20-12-5-11(6-12)7-14(17)16-8-10(2)13(9-16)15(18)19-3/h10-13H,4-9H2,1-3H3. The molecule has 0 aromatic rings. The second-order valence-corrected chi connectivity index (χ2v) is 6.02. The van der Waals surface area contributed by atoms with E-state index in [0.29, 0.717) is 31.5 Å². The molecule has 2 unspecified atom stereocenters. The molecule has 20 heavy (non-hydrogen) atoms. The molecule has 5 nitrogen and oxygen atoms in total. The van der Waals surface area contributed by atoms with E-state index in [-0.39, 0.29) is 23.7 Å². The molecule has 1 saturated heterocycles. The lowest BCUT2D eigenvalue weighted by Crippen LogP contribution is -2.37. The van der Waals surface area contributed by atoms with Crippen molar-refractivity contribution < 1.29 is 19.1 Å². The Bertz CT molecular complexity index is 365. The highest BCUT2D eigenvalue weighted by Gasteiger charge is 2.39. The molecule has 0 spiro atoms. The Morgan fingerprint density at radius 1 is 1.25 bits per heavy atom. The van der Waals surface area contributed by atoms with E-state index in [1.807, 2.05) is 18.7 Å². The highest BCUT2D eigenvalue weighted by atomic mass is 16.5. The number of esters is 1.